The number of fused-ring (bicyclic) bond motifs is 2. The standard InChI is InChI=1S/C35H47N3O5SSi/c1-34(2,3)42-33(40)28-25-17-18-37(19-22-13-15-24(41-7)16-14-22)29(30(25)44-31(28)36)32(39)38-20-23-11-10-12-27(26(23)21-38)43-45(8,9)35(4,5)6/h10-16,29H,17-21,36H2,1-9H3. The molecule has 5 rings (SSSR count). The summed E-state index contributed by atoms with van der Waals surface area (Å²) in [5.41, 5.74) is 10.4. The maximum Gasteiger partial charge on any atom is 0.341 e. The molecule has 0 radical (unpaired) electrons. The number of carbonyl (C=O) groups excluding carboxylic acids is 2. The Hall–Kier alpha value is -3.34. The maximum absolute atomic E-state index is 14.7. The summed E-state index contributed by atoms with van der Waals surface area (Å²) >= 11 is 1.33. The molecule has 1 unspecified atom stereocenters. The lowest BCUT2D eigenvalue weighted by Gasteiger charge is -2.37. The summed E-state index contributed by atoms with van der Waals surface area (Å²) in [5.74, 6) is 1.22. The fourth-order valence-electron chi connectivity index (χ4n) is 5.72. The molecule has 0 fully saturated rings. The number of hydrogen-bond donors (Lipinski definition) is 1. The Morgan fingerprint density at radius 3 is 2.31 bits per heavy atom. The number of hydrogen-bond acceptors (Lipinski definition) is 8. The summed E-state index contributed by atoms with van der Waals surface area (Å²) in [5, 5.41) is 0.447. The van der Waals surface area contributed by atoms with Gasteiger partial charge < -0.3 is 24.5 Å². The number of carbonyl (C=O) groups is 2. The van der Waals surface area contributed by atoms with Crippen LogP contribution >= 0.6 is 11.3 Å². The van der Waals surface area contributed by atoms with Gasteiger partial charge in [0.05, 0.1) is 19.2 Å². The molecule has 8 nitrogen and oxygen atoms in total. The van der Waals surface area contributed by atoms with Crippen LogP contribution in [0.1, 0.15) is 85.1 Å². The zero-order valence-corrected chi connectivity index (χ0v) is 29.9. The highest BCUT2D eigenvalue weighted by Gasteiger charge is 2.43. The molecule has 0 spiro atoms. The average molecular weight is 650 g/mol. The third kappa shape index (κ3) is 6.78. The van der Waals surface area contributed by atoms with Crippen LogP contribution < -0.4 is 14.9 Å². The Kier molecular flexibility index (Phi) is 8.89. The molecule has 0 bridgehead atoms. The largest absolute Gasteiger partial charge is 0.543 e. The summed E-state index contributed by atoms with van der Waals surface area (Å²) in [7, 11) is -0.438. The van der Waals surface area contributed by atoms with Crippen molar-refractivity contribution in [2.75, 3.05) is 19.4 Å². The third-order valence-corrected chi connectivity index (χ3v) is 14.6. The van der Waals surface area contributed by atoms with Gasteiger partial charge in [-0.2, -0.15) is 0 Å². The van der Waals surface area contributed by atoms with Gasteiger partial charge in [0.1, 0.15) is 28.1 Å². The lowest BCUT2D eigenvalue weighted by Crippen LogP contribution is -2.44. The van der Waals surface area contributed by atoms with Gasteiger partial charge in [-0.15, -0.1) is 11.3 Å². The molecule has 2 N–H and O–H groups in total. The molecule has 3 aromatic rings. The monoisotopic (exact) mass is 649 g/mol. The molecule has 2 aliphatic heterocycles. The van der Waals surface area contributed by atoms with E-state index in [1.165, 1.54) is 11.3 Å². The van der Waals surface area contributed by atoms with Gasteiger partial charge in [-0.05, 0) is 80.2 Å². The van der Waals surface area contributed by atoms with Gasteiger partial charge in [-0.25, -0.2) is 4.79 Å². The first-order chi connectivity index (χ1) is 21.0. The van der Waals surface area contributed by atoms with Crippen LogP contribution in [0.2, 0.25) is 18.1 Å². The van der Waals surface area contributed by atoms with Gasteiger partial charge in [0.15, 0.2) is 0 Å². The van der Waals surface area contributed by atoms with Crippen molar-refractivity contribution in [3.05, 3.63) is 75.2 Å². The SMILES string of the molecule is COc1ccc(CN2CCc3c(sc(N)c3C(=O)OC(C)(C)C)C2C(=O)N2Cc3cccc(O[Si](C)(C)C(C)(C)C)c3C2)cc1. The highest BCUT2D eigenvalue weighted by molar-refractivity contribution is 7.16. The van der Waals surface area contributed by atoms with Crippen molar-refractivity contribution in [2.45, 2.75) is 97.4 Å². The van der Waals surface area contributed by atoms with Crippen molar-refractivity contribution in [3.63, 3.8) is 0 Å². The van der Waals surface area contributed by atoms with Crippen LogP contribution in [0.4, 0.5) is 5.00 Å². The highest BCUT2D eigenvalue weighted by Crippen LogP contribution is 2.45. The Labute approximate surface area is 272 Å². The normalized spacial score (nSPS) is 17.1. The van der Waals surface area contributed by atoms with Gasteiger partial charge in [-0.1, -0.05) is 45.0 Å². The van der Waals surface area contributed by atoms with E-state index in [0.717, 1.165) is 38.6 Å². The molecule has 3 heterocycles. The van der Waals surface area contributed by atoms with Gasteiger partial charge >= 0.3 is 5.97 Å². The van der Waals surface area contributed by atoms with E-state index in [-0.39, 0.29) is 10.9 Å². The molecule has 0 saturated carbocycles. The number of nitrogen functional groups attached to an aromatic ring is 1. The molecule has 1 aromatic heterocycles. The number of thiophene rings is 1. The van der Waals surface area contributed by atoms with Crippen LogP contribution in [0.25, 0.3) is 0 Å². The Balaban J connectivity index is 1.49. The zero-order chi connectivity index (χ0) is 32.9. The van der Waals surface area contributed by atoms with Crippen molar-refractivity contribution in [3.8, 4) is 11.5 Å². The minimum absolute atomic E-state index is 0.00377. The van der Waals surface area contributed by atoms with Crippen molar-refractivity contribution in [1.29, 1.82) is 0 Å². The molecule has 0 aliphatic carbocycles. The third-order valence-electron chi connectivity index (χ3n) is 9.13. The first-order valence-corrected chi connectivity index (χ1v) is 19.3. The van der Waals surface area contributed by atoms with E-state index in [1.54, 1.807) is 7.11 Å². The quantitative estimate of drug-likeness (QED) is 0.212. The number of esters is 1. The second-order valence-electron chi connectivity index (χ2n) is 14.6. The van der Waals surface area contributed by atoms with Crippen LogP contribution in [0.3, 0.4) is 0 Å². The topological polar surface area (TPSA) is 94.3 Å². The van der Waals surface area contributed by atoms with Crippen molar-refractivity contribution in [1.82, 2.24) is 9.80 Å². The number of ether oxygens (including phenoxy) is 2. The van der Waals surface area contributed by atoms with E-state index in [0.29, 0.717) is 43.2 Å². The number of amides is 1. The first kappa shape index (κ1) is 33.0. The van der Waals surface area contributed by atoms with Crippen LogP contribution in [0.5, 0.6) is 11.5 Å². The van der Waals surface area contributed by atoms with Gasteiger partial charge in [0.25, 0.3) is 0 Å². The Bertz CT molecular complexity index is 1590. The molecule has 0 saturated heterocycles. The van der Waals surface area contributed by atoms with E-state index in [2.05, 4.69) is 44.8 Å². The number of nitrogens with zero attached hydrogens (tertiary/aromatic N) is 2. The fraction of sp³-hybridized carbons (Fsp3) is 0.486. The number of nitrogens with two attached hydrogens (primary N) is 1. The molecule has 2 aliphatic rings. The van der Waals surface area contributed by atoms with Crippen molar-refractivity contribution in [2.24, 2.45) is 0 Å². The average Bonchev–Trinajstić information content (AvgIpc) is 3.53. The van der Waals surface area contributed by atoms with E-state index in [4.69, 9.17) is 19.6 Å². The van der Waals surface area contributed by atoms with Crippen LogP contribution in [0.15, 0.2) is 42.5 Å². The highest BCUT2D eigenvalue weighted by atomic mass is 32.1. The van der Waals surface area contributed by atoms with E-state index >= 15 is 0 Å². The number of methoxy groups -OCH3 is 1. The molecule has 10 heteroatoms. The van der Waals surface area contributed by atoms with Gasteiger partial charge in [-0.3, -0.25) is 9.69 Å². The summed E-state index contributed by atoms with van der Waals surface area (Å²) in [6.07, 6.45) is 0.599. The fourth-order valence-corrected chi connectivity index (χ4v) is 8.00. The molecular formula is C35H47N3O5SSi. The summed E-state index contributed by atoms with van der Waals surface area (Å²) in [6.45, 7) is 18.9. The first-order valence-electron chi connectivity index (χ1n) is 15.6. The second kappa shape index (κ2) is 12.1. The minimum atomic E-state index is -2.09. The summed E-state index contributed by atoms with van der Waals surface area (Å²) in [4.78, 5) is 33.0. The minimum Gasteiger partial charge on any atom is -0.543 e. The lowest BCUT2D eigenvalue weighted by atomic mass is 9.95. The van der Waals surface area contributed by atoms with Gasteiger partial charge in [0, 0.05) is 30.1 Å². The van der Waals surface area contributed by atoms with Gasteiger partial charge in [0.2, 0.25) is 14.2 Å². The predicted molar refractivity (Wildman–Crippen MR) is 182 cm³/mol. The zero-order valence-electron chi connectivity index (χ0n) is 28.1. The molecule has 1 atom stereocenters. The van der Waals surface area contributed by atoms with E-state index in [9.17, 15) is 9.59 Å². The van der Waals surface area contributed by atoms with Crippen LogP contribution in [-0.2, 0) is 35.6 Å². The lowest BCUT2D eigenvalue weighted by molar-refractivity contribution is -0.138. The predicted octanol–water partition coefficient (Wildman–Crippen LogP) is 7.32. The van der Waals surface area contributed by atoms with Crippen LogP contribution in [-0.4, -0.2) is 49.2 Å². The molecule has 1 amide bonds. The van der Waals surface area contributed by atoms with E-state index in [1.807, 2.05) is 62.1 Å². The molecule has 2 aromatic carbocycles. The van der Waals surface area contributed by atoms with Crippen LogP contribution in [0, 0.1) is 0 Å². The number of anilines is 1. The molecular weight excluding hydrogens is 603 g/mol. The molecule has 45 heavy (non-hydrogen) atoms. The second-order valence-corrected chi connectivity index (χ2v) is 20.4. The smallest absolute Gasteiger partial charge is 0.341 e. The van der Waals surface area contributed by atoms with E-state index < -0.39 is 25.9 Å². The Morgan fingerprint density at radius 2 is 1.69 bits per heavy atom. The summed E-state index contributed by atoms with van der Waals surface area (Å²) in [6, 6.07) is 13.5. The number of rotatable bonds is 7. The summed E-state index contributed by atoms with van der Waals surface area (Å²) < 4.78 is 17.9. The number of benzene rings is 2. The maximum atomic E-state index is 14.7. The Morgan fingerprint density at radius 1 is 1.00 bits per heavy atom. The molecule has 242 valence electrons. The van der Waals surface area contributed by atoms with Crippen molar-refractivity contribution >= 4 is 36.5 Å². The van der Waals surface area contributed by atoms with Crippen molar-refractivity contribution < 1.29 is 23.5 Å².